The van der Waals surface area contributed by atoms with Gasteiger partial charge in [-0.1, -0.05) is 30.3 Å². The Morgan fingerprint density at radius 3 is 2.96 bits per heavy atom. The summed E-state index contributed by atoms with van der Waals surface area (Å²) in [6.45, 7) is 3.95. The second kappa shape index (κ2) is 8.28. The van der Waals surface area contributed by atoms with Crippen molar-refractivity contribution in [2.75, 3.05) is 5.32 Å². The van der Waals surface area contributed by atoms with Crippen LogP contribution in [0.5, 0.6) is 0 Å². The van der Waals surface area contributed by atoms with Crippen LogP contribution in [0.4, 0.5) is 10.1 Å². The number of nitriles is 1. The number of nitrogens with one attached hydrogen (secondary N) is 1. The van der Waals surface area contributed by atoms with E-state index >= 15 is 0 Å². The van der Waals surface area contributed by atoms with Crippen molar-refractivity contribution in [2.45, 2.75) is 43.4 Å². The summed E-state index contributed by atoms with van der Waals surface area (Å²) in [4.78, 5) is 17.1. The number of anilines is 1. The highest BCUT2D eigenvalue weighted by atomic mass is 35.5. The molecule has 0 spiro atoms. The number of hydrogen-bond acceptors (Lipinski definition) is 4. The van der Waals surface area contributed by atoms with E-state index in [2.05, 4.69) is 23.3 Å². The summed E-state index contributed by atoms with van der Waals surface area (Å²) >= 11 is 7.00. The minimum atomic E-state index is -0.539. The second-order valence-electron chi connectivity index (χ2n) is 6.78. The first-order chi connectivity index (χ1) is 12.9. The maximum Gasteiger partial charge on any atom is 0.237 e. The molecule has 0 bridgehead atoms. The molecule has 0 radical (unpaired) electrons. The Kier molecular flexibility index (Phi) is 6.03. The molecule has 0 saturated carbocycles. The standard InChI is InChI=1S/C20H19ClFN3OS/c1-11-3-6-18-13(7-11)8-14(10-23)20(25-18)27-12(2)19(26)24-15-4-5-17(22)16(21)9-15/h4-5,8-9,11-12H,3,6-7H2,1-2H3,(H,24,26). The summed E-state index contributed by atoms with van der Waals surface area (Å²) in [7, 11) is 0. The molecule has 0 saturated heterocycles. The Labute approximate surface area is 167 Å². The minimum Gasteiger partial charge on any atom is -0.325 e. The van der Waals surface area contributed by atoms with Crippen LogP contribution in [0.25, 0.3) is 0 Å². The smallest absolute Gasteiger partial charge is 0.237 e. The Bertz CT molecular complexity index is 928. The van der Waals surface area contributed by atoms with Gasteiger partial charge in [-0.25, -0.2) is 9.37 Å². The fourth-order valence-corrected chi connectivity index (χ4v) is 4.11. The first kappa shape index (κ1) is 19.7. The highest BCUT2D eigenvalue weighted by Crippen LogP contribution is 2.31. The first-order valence-corrected chi connectivity index (χ1v) is 9.98. The monoisotopic (exact) mass is 403 g/mol. The number of fused-ring (bicyclic) bond motifs is 1. The molecule has 1 aromatic heterocycles. The minimum absolute atomic E-state index is 0.0505. The quantitative estimate of drug-likeness (QED) is 0.730. The number of nitrogens with zero attached hydrogens (tertiary/aromatic N) is 2. The SMILES string of the molecule is CC1CCc2nc(SC(C)C(=O)Nc3ccc(F)c(Cl)c3)c(C#N)cc2C1. The first-order valence-electron chi connectivity index (χ1n) is 8.73. The predicted octanol–water partition coefficient (Wildman–Crippen LogP) is 4.99. The molecule has 7 heteroatoms. The molecule has 2 atom stereocenters. The molecular weight excluding hydrogens is 385 g/mol. The molecule has 3 rings (SSSR count). The molecule has 1 aromatic carbocycles. The third kappa shape index (κ3) is 4.60. The van der Waals surface area contributed by atoms with E-state index in [1.54, 1.807) is 6.92 Å². The molecule has 4 nitrogen and oxygen atoms in total. The maximum absolute atomic E-state index is 13.2. The van der Waals surface area contributed by atoms with E-state index in [0.29, 0.717) is 22.2 Å². The van der Waals surface area contributed by atoms with E-state index in [4.69, 9.17) is 11.6 Å². The molecule has 2 aromatic rings. The van der Waals surface area contributed by atoms with Crippen LogP contribution in [0.1, 0.15) is 37.1 Å². The maximum atomic E-state index is 13.2. The van der Waals surface area contributed by atoms with E-state index in [-0.39, 0.29) is 10.9 Å². The normalized spacial score (nSPS) is 16.9. The zero-order valence-corrected chi connectivity index (χ0v) is 16.6. The molecule has 140 valence electrons. The van der Waals surface area contributed by atoms with Crippen molar-refractivity contribution >= 4 is 35.0 Å². The zero-order valence-electron chi connectivity index (χ0n) is 15.1. The van der Waals surface area contributed by atoms with Crippen molar-refractivity contribution in [3.63, 3.8) is 0 Å². The summed E-state index contributed by atoms with van der Waals surface area (Å²) in [5.74, 6) is -0.209. The lowest BCUT2D eigenvalue weighted by atomic mass is 9.87. The van der Waals surface area contributed by atoms with Gasteiger partial charge in [0.15, 0.2) is 0 Å². The van der Waals surface area contributed by atoms with Crippen molar-refractivity contribution in [1.82, 2.24) is 4.98 Å². The van der Waals surface area contributed by atoms with Gasteiger partial charge in [0.25, 0.3) is 0 Å². The van der Waals surface area contributed by atoms with E-state index < -0.39 is 11.1 Å². The van der Waals surface area contributed by atoms with Crippen molar-refractivity contribution < 1.29 is 9.18 Å². The van der Waals surface area contributed by atoms with Gasteiger partial charge in [-0.3, -0.25) is 4.79 Å². The summed E-state index contributed by atoms with van der Waals surface area (Å²) in [5.41, 5.74) is 3.07. The zero-order chi connectivity index (χ0) is 19.6. The molecule has 1 amide bonds. The Hall–Kier alpha value is -2.10. The van der Waals surface area contributed by atoms with Gasteiger partial charge in [0.1, 0.15) is 16.9 Å². The molecular formula is C20H19ClFN3OS. The van der Waals surface area contributed by atoms with Gasteiger partial charge in [0.2, 0.25) is 5.91 Å². The third-order valence-electron chi connectivity index (χ3n) is 4.56. The van der Waals surface area contributed by atoms with E-state index in [9.17, 15) is 14.4 Å². The van der Waals surface area contributed by atoms with Crippen molar-refractivity contribution in [3.05, 3.63) is 51.9 Å². The summed E-state index contributed by atoms with van der Waals surface area (Å²) < 4.78 is 13.2. The number of pyridine rings is 1. The van der Waals surface area contributed by atoms with Crippen LogP contribution in [-0.4, -0.2) is 16.1 Å². The van der Waals surface area contributed by atoms with E-state index in [1.165, 1.54) is 30.0 Å². The van der Waals surface area contributed by atoms with Crippen LogP contribution in [0.15, 0.2) is 29.3 Å². The largest absolute Gasteiger partial charge is 0.325 e. The number of rotatable bonds is 4. The number of amides is 1. The number of halogens is 2. The third-order valence-corrected chi connectivity index (χ3v) is 5.96. The number of benzene rings is 1. The second-order valence-corrected chi connectivity index (χ2v) is 8.52. The molecule has 27 heavy (non-hydrogen) atoms. The van der Waals surface area contributed by atoms with Crippen LogP contribution in [0.2, 0.25) is 5.02 Å². The number of hydrogen-bond donors (Lipinski definition) is 1. The molecule has 0 aliphatic heterocycles. The van der Waals surface area contributed by atoms with Crippen LogP contribution >= 0.6 is 23.4 Å². The lowest BCUT2D eigenvalue weighted by Gasteiger charge is -2.22. The van der Waals surface area contributed by atoms with Gasteiger partial charge in [-0.05, 0) is 61.9 Å². The van der Waals surface area contributed by atoms with E-state index in [0.717, 1.165) is 30.5 Å². The van der Waals surface area contributed by atoms with Crippen LogP contribution in [0, 0.1) is 23.1 Å². The highest BCUT2D eigenvalue weighted by Gasteiger charge is 2.22. The average molecular weight is 404 g/mol. The highest BCUT2D eigenvalue weighted by molar-refractivity contribution is 8.00. The number of carbonyl (C=O) groups is 1. The topological polar surface area (TPSA) is 65.8 Å². The average Bonchev–Trinajstić information content (AvgIpc) is 2.64. The van der Waals surface area contributed by atoms with Crippen molar-refractivity contribution in [1.29, 1.82) is 5.26 Å². The van der Waals surface area contributed by atoms with E-state index in [1.807, 2.05) is 6.07 Å². The lowest BCUT2D eigenvalue weighted by molar-refractivity contribution is -0.115. The van der Waals surface area contributed by atoms with Crippen LogP contribution < -0.4 is 5.32 Å². The Morgan fingerprint density at radius 2 is 2.26 bits per heavy atom. The van der Waals surface area contributed by atoms with Gasteiger partial charge < -0.3 is 5.32 Å². The van der Waals surface area contributed by atoms with Crippen LogP contribution in [-0.2, 0) is 17.6 Å². The van der Waals surface area contributed by atoms with Crippen molar-refractivity contribution in [2.24, 2.45) is 5.92 Å². The number of carbonyl (C=O) groups excluding carboxylic acids is 1. The molecule has 1 aliphatic rings. The molecule has 1 N–H and O–H groups in total. The van der Waals surface area contributed by atoms with Gasteiger partial charge in [-0.2, -0.15) is 5.26 Å². The van der Waals surface area contributed by atoms with Crippen molar-refractivity contribution in [3.8, 4) is 6.07 Å². The van der Waals surface area contributed by atoms with Gasteiger partial charge in [0, 0.05) is 11.4 Å². The van der Waals surface area contributed by atoms with Gasteiger partial charge >= 0.3 is 0 Å². The van der Waals surface area contributed by atoms with Gasteiger partial charge in [0.05, 0.1) is 15.8 Å². The Morgan fingerprint density at radius 1 is 1.48 bits per heavy atom. The molecule has 1 aliphatic carbocycles. The van der Waals surface area contributed by atoms with Crippen LogP contribution in [0.3, 0.4) is 0 Å². The molecule has 1 heterocycles. The summed E-state index contributed by atoms with van der Waals surface area (Å²) in [5, 5.41) is 12.2. The van der Waals surface area contributed by atoms with Gasteiger partial charge in [-0.15, -0.1) is 0 Å². The number of aryl methyl sites for hydroxylation is 1. The fourth-order valence-electron chi connectivity index (χ4n) is 3.04. The summed E-state index contributed by atoms with van der Waals surface area (Å²) in [6, 6.07) is 8.13. The number of thioether (sulfide) groups is 1. The summed E-state index contributed by atoms with van der Waals surface area (Å²) in [6.07, 6.45) is 2.91. The molecule has 0 fully saturated rings. The lowest BCUT2D eigenvalue weighted by Crippen LogP contribution is -2.23. The Balaban J connectivity index is 1.75. The molecule has 2 unspecified atom stereocenters. The predicted molar refractivity (Wildman–Crippen MR) is 105 cm³/mol. The number of aromatic nitrogens is 1. The fraction of sp³-hybridized carbons (Fsp3) is 0.350.